The molecule has 140 valence electrons. The zero-order chi connectivity index (χ0) is 19.4. The molecule has 1 aromatic heterocycles. The number of anilines is 1. The van der Waals surface area contributed by atoms with Crippen LogP contribution in [0.2, 0.25) is 0 Å². The lowest BCUT2D eigenvalue weighted by Gasteiger charge is -2.17. The molecule has 0 saturated heterocycles. The lowest BCUT2D eigenvalue weighted by molar-refractivity contribution is -0.137. The van der Waals surface area contributed by atoms with Crippen molar-refractivity contribution in [2.24, 2.45) is 7.05 Å². The number of aryl methyl sites for hydroxylation is 1. The predicted octanol–water partition coefficient (Wildman–Crippen LogP) is 3.70. The summed E-state index contributed by atoms with van der Waals surface area (Å²) in [5.74, 6) is -0.478. The quantitative estimate of drug-likeness (QED) is 0.669. The average Bonchev–Trinajstić information content (AvgIpc) is 3.04. The molecule has 1 heterocycles. The summed E-state index contributed by atoms with van der Waals surface area (Å²) in [5, 5.41) is 13.3. The van der Waals surface area contributed by atoms with Crippen LogP contribution in [0.25, 0.3) is 0 Å². The fraction of sp³-hybridized carbons (Fsp3) is 0.176. The Morgan fingerprint density at radius 1 is 1.15 bits per heavy atom. The molecule has 0 spiro atoms. The largest absolute Gasteiger partial charge is 0.416 e. The molecule has 1 atom stereocenters. The second-order valence-corrected chi connectivity index (χ2v) is 6.63. The molecule has 1 amide bonds. The first kappa shape index (κ1) is 18.9. The Morgan fingerprint density at radius 2 is 1.89 bits per heavy atom. The van der Waals surface area contributed by atoms with Crippen LogP contribution in [0.1, 0.15) is 16.4 Å². The van der Waals surface area contributed by atoms with Crippen molar-refractivity contribution >= 4 is 23.4 Å². The normalized spacial score (nSPS) is 12.6. The maximum Gasteiger partial charge on any atom is 0.416 e. The lowest BCUT2D eigenvalue weighted by Crippen LogP contribution is -2.20. The van der Waals surface area contributed by atoms with Crippen LogP contribution in [0, 0.1) is 0 Å². The summed E-state index contributed by atoms with van der Waals surface area (Å²) in [6.07, 6.45) is -4.49. The second kappa shape index (κ2) is 7.78. The number of carbonyl (C=O) groups excluding carboxylic acids is 1. The number of halogens is 3. The molecule has 0 aliphatic carbocycles. The Kier molecular flexibility index (Phi) is 5.45. The van der Waals surface area contributed by atoms with Gasteiger partial charge in [-0.3, -0.25) is 4.79 Å². The van der Waals surface area contributed by atoms with Crippen molar-refractivity contribution in [1.29, 1.82) is 0 Å². The highest BCUT2D eigenvalue weighted by Crippen LogP contribution is 2.35. The predicted molar refractivity (Wildman–Crippen MR) is 93.9 cm³/mol. The molecule has 0 unspecified atom stereocenters. The van der Waals surface area contributed by atoms with E-state index in [0.29, 0.717) is 10.7 Å². The Bertz CT molecular complexity index is 930. The van der Waals surface area contributed by atoms with E-state index in [9.17, 15) is 18.0 Å². The third kappa shape index (κ3) is 4.64. The van der Waals surface area contributed by atoms with E-state index in [1.54, 1.807) is 37.4 Å². The number of alkyl halides is 3. The molecule has 0 aliphatic rings. The number of hydrogen-bond acceptors (Lipinski definition) is 5. The molecule has 0 fully saturated rings. The van der Waals surface area contributed by atoms with Crippen molar-refractivity contribution in [2.75, 3.05) is 5.32 Å². The highest BCUT2D eigenvalue weighted by molar-refractivity contribution is 8.00. The third-order valence-electron chi connectivity index (χ3n) is 3.60. The van der Waals surface area contributed by atoms with Crippen LogP contribution in [-0.4, -0.2) is 26.1 Å². The molecule has 0 aliphatic heterocycles. The number of hydrogen-bond donors (Lipinski definition) is 1. The maximum atomic E-state index is 12.9. The number of nitrogens with one attached hydrogen (secondary N) is 1. The summed E-state index contributed by atoms with van der Waals surface area (Å²) in [5.41, 5.74) is -0.0934. The summed E-state index contributed by atoms with van der Waals surface area (Å²) in [6, 6.07) is 13.4. The van der Waals surface area contributed by atoms with E-state index in [0.717, 1.165) is 23.9 Å². The Balaban J connectivity index is 1.86. The van der Waals surface area contributed by atoms with Crippen LogP contribution in [0.4, 0.5) is 18.9 Å². The van der Waals surface area contributed by atoms with Gasteiger partial charge in [-0.05, 0) is 34.2 Å². The van der Waals surface area contributed by atoms with Gasteiger partial charge in [-0.25, -0.2) is 4.68 Å². The maximum absolute atomic E-state index is 12.9. The van der Waals surface area contributed by atoms with E-state index >= 15 is 0 Å². The number of rotatable bonds is 5. The number of thioether (sulfide) groups is 1. The van der Waals surface area contributed by atoms with Crippen molar-refractivity contribution in [1.82, 2.24) is 20.2 Å². The van der Waals surface area contributed by atoms with Crippen LogP contribution in [0.5, 0.6) is 0 Å². The summed E-state index contributed by atoms with van der Waals surface area (Å²) in [7, 11) is 1.63. The zero-order valence-corrected chi connectivity index (χ0v) is 14.8. The molecular weight excluding hydrogens is 379 g/mol. The first-order valence-corrected chi connectivity index (χ1v) is 8.64. The van der Waals surface area contributed by atoms with Crippen LogP contribution < -0.4 is 5.32 Å². The molecular formula is C17H14F3N5OS. The van der Waals surface area contributed by atoms with Crippen molar-refractivity contribution in [3.63, 3.8) is 0 Å². The van der Waals surface area contributed by atoms with Crippen LogP contribution in [0.3, 0.4) is 0 Å². The first-order valence-electron chi connectivity index (χ1n) is 7.76. The van der Waals surface area contributed by atoms with E-state index < -0.39 is 22.9 Å². The van der Waals surface area contributed by atoms with Crippen LogP contribution in [-0.2, 0) is 18.0 Å². The topological polar surface area (TPSA) is 72.7 Å². The molecule has 3 aromatic rings. The Hall–Kier alpha value is -2.88. The van der Waals surface area contributed by atoms with Gasteiger partial charge >= 0.3 is 6.18 Å². The standard InChI is InChI=1S/C17H14F3N5OS/c1-25-16(22-23-24-25)27-14(11-6-3-2-4-7-11)15(26)21-13-9-5-8-12(10-13)17(18,19)20/h2-10,14H,1H3,(H,21,26)/t14-/m1/s1. The van der Waals surface area contributed by atoms with Crippen LogP contribution in [0.15, 0.2) is 59.8 Å². The second-order valence-electron chi connectivity index (χ2n) is 5.56. The number of carbonyl (C=O) groups is 1. The van der Waals surface area contributed by atoms with Crippen LogP contribution >= 0.6 is 11.8 Å². The number of benzene rings is 2. The highest BCUT2D eigenvalue weighted by atomic mass is 32.2. The minimum Gasteiger partial charge on any atom is -0.325 e. The number of amides is 1. The Labute approximate surface area is 156 Å². The molecule has 2 aromatic carbocycles. The highest BCUT2D eigenvalue weighted by Gasteiger charge is 2.31. The van der Waals surface area contributed by atoms with Gasteiger partial charge < -0.3 is 5.32 Å². The average molecular weight is 393 g/mol. The third-order valence-corrected chi connectivity index (χ3v) is 4.88. The molecule has 0 radical (unpaired) electrons. The van der Waals surface area contributed by atoms with Crippen molar-refractivity contribution < 1.29 is 18.0 Å². The molecule has 10 heteroatoms. The lowest BCUT2D eigenvalue weighted by atomic mass is 10.1. The van der Waals surface area contributed by atoms with Gasteiger partial charge in [0.15, 0.2) is 0 Å². The molecule has 27 heavy (non-hydrogen) atoms. The smallest absolute Gasteiger partial charge is 0.325 e. The van der Waals surface area contributed by atoms with Crippen molar-refractivity contribution in [2.45, 2.75) is 16.6 Å². The van der Waals surface area contributed by atoms with Crippen molar-refractivity contribution in [3.8, 4) is 0 Å². The van der Waals surface area contributed by atoms with E-state index in [4.69, 9.17) is 0 Å². The van der Waals surface area contributed by atoms with E-state index in [1.807, 2.05) is 0 Å². The molecule has 1 N–H and O–H groups in total. The summed E-state index contributed by atoms with van der Waals surface area (Å²) < 4.78 is 40.1. The summed E-state index contributed by atoms with van der Waals surface area (Å²) in [6.45, 7) is 0. The van der Waals surface area contributed by atoms with E-state index in [2.05, 4.69) is 20.8 Å². The molecule has 0 saturated carbocycles. The Morgan fingerprint density at radius 3 is 2.52 bits per heavy atom. The van der Waals surface area contributed by atoms with Gasteiger partial charge in [0.25, 0.3) is 0 Å². The zero-order valence-electron chi connectivity index (χ0n) is 14.0. The monoisotopic (exact) mass is 393 g/mol. The first-order chi connectivity index (χ1) is 12.8. The SMILES string of the molecule is Cn1nnnc1S[C@@H](C(=O)Nc1cccc(C(F)(F)F)c1)c1ccccc1. The number of aromatic nitrogens is 4. The summed E-state index contributed by atoms with van der Waals surface area (Å²) in [4.78, 5) is 12.8. The molecule has 3 rings (SSSR count). The van der Waals surface area contributed by atoms with Gasteiger partial charge in [0.2, 0.25) is 11.1 Å². The van der Waals surface area contributed by atoms with Gasteiger partial charge in [-0.1, -0.05) is 48.2 Å². The van der Waals surface area contributed by atoms with Gasteiger partial charge in [0.05, 0.1) is 5.56 Å². The fourth-order valence-corrected chi connectivity index (χ4v) is 3.25. The summed E-state index contributed by atoms with van der Waals surface area (Å²) >= 11 is 1.10. The minimum atomic E-state index is -4.49. The number of nitrogens with zero attached hydrogens (tertiary/aromatic N) is 4. The van der Waals surface area contributed by atoms with Gasteiger partial charge in [0.1, 0.15) is 5.25 Å². The van der Waals surface area contributed by atoms with E-state index in [-0.39, 0.29) is 5.69 Å². The van der Waals surface area contributed by atoms with Gasteiger partial charge in [-0.15, -0.1) is 5.10 Å². The minimum absolute atomic E-state index is 0.0625. The van der Waals surface area contributed by atoms with Crippen molar-refractivity contribution in [3.05, 3.63) is 65.7 Å². The molecule has 6 nitrogen and oxygen atoms in total. The van der Waals surface area contributed by atoms with E-state index in [1.165, 1.54) is 16.8 Å². The number of tetrazole rings is 1. The fourth-order valence-electron chi connectivity index (χ4n) is 2.31. The van der Waals surface area contributed by atoms with Gasteiger partial charge in [0, 0.05) is 12.7 Å². The van der Waals surface area contributed by atoms with Gasteiger partial charge in [-0.2, -0.15) is 13.2 Å². The molecule has 0 bridgehead atoms.